The van der Waals surface area contributed by atoms with Crippen LogP contribution in [0.25, 0.3) is 0 Å². The summed E-state index contributed by atoms with van der Waals surface area (Å²) in [5, 5.41) is 9.91. The Labute approximate surface area is 108 Å². The van der Waals surface area contributed by atoms with Gasteiger partial charge in [-0.25, -0.2) is 4.39 Å². The van der Waals surface area contributed by atoms with Gasteiger partial charge >= 0.3 is 0 Å². The Balaban J connectivity index is 3.19. The highest BCUT2D eigenvalue weighted by atomic mass is 19.1. The van der Waals surface area contributed by atoms with Crippen molar-refractivity contribution in [2.75, 3.05) is 18.0 Å². The zero-order valence-electron chi connectivity index (χ0n) is 11.6. The molecule has 4 heteroatoms. The molecule has 0 bridgehead atoms. The van der Waals surface area contributed by atoms with Gasteiger partial charge in [0.1, 0.15) is 5.82 Å². The van der Waals surface area contributed by atoms with Gasteiger partial charge < -0.3 is 15.7 Å². The van der Waals surface area contributed by atoms with Gasteiger partial charge in [0.15, 0.2) is 0 Å². The van der Waals surface area contributed by atoms with Crippen molar-refractivity contribution in [1.29, 1.82) is 0 Å². The van der Waals surface area contributed by atoms with Crippen molar-refractivity contribution < 1.29 is 9.50 Å². The normalized spacial score (nSPS) is 13.5. The quantitative estimate of drug-likeness (QED) is 0.848. The largest absolute Gasteiger partial charge is 0.389 e. The van der Waals surface area contributed by atoms with Gasteiger partial charge in [-0.1, -0.05) is 12.1 Å². The van der Waals surface area contributed by atoms with E-state index in [0.717, 1.165) is 5.56 Å². The summed E-state index contributed by atoms with van der Waals surface area (Å²) < 4.78 is 14.0. The van der Waals surface area contributed by atoms with Gasteiger partial charge in [-0.3, -0.25) is 0 Å². The highest BCUT2D eigenvalue weighted by Gasteiger charge is 2.22. The van der Waals surface area contributed by atoms with Crippen molar-refractivity contribution in [2.45, 2.75) is 39.3 Å². The topological polar surface area (TPSA) is 49.5 Å². The van der Waals surface area contributed by atoms with E-state index in [4.69, 9.17) is 5.73 Å². The van der Waals surface area contributed by atoms with Crippen LogP contribution in [0.1, 0.15) is 39.3 Å². The first-order valence-electron chi connectivity index (χ1n) is 6.27. The molecule has 0 spiro atoms. The standard InChI is InChI=1S/C14H23FN2O/c1-5-17(9-14(3,4)18)13-11(10(2)16)7-6-8-12(13)15/h6-8,10,18H,5,9,16H2,1-4H3/t10-/m0/s1. The molecular formula is C14H23FN2O. The molecular weight excluding hydrogens is 231 g/mol. The third kappa shape index (κ3) is 3.68. The molecule has 102 valence electrons. The summed E-state index contributed by atoms with van der Waals surface area (Å²) in [4.78, 5) is 1.83. The lowest BCUT2D eigenvalue weighted by Crippen LogP contribution is -2.39. The molecule has 0 radical (unpaired) electrons. The van der Waals surface area contributed by atoms with Gasteiger partial charge in [0, 0.05) is 19.1 Å². The Morgan fingerprint density at radius 2 is 2.06 bits per heavy atom. The molecule has 0 aromatic heterocycles. The van der Waals surface area contributed by atoms with Crippen LogP contribution in [0.3, 0.4) is 0 Å². The van der Waals surface area contributed by atoms with Crippen LogP contribution in [-0.4, -0.2) is 23.8 Å². The van der Waals surface area contributed by atoms with Crippen LogP contribution in [0.4, 0.5) is 10.1 Å². The van der Waals surface area contributed by atoms with Crippen LogP contribution in [-0.2, 0) is 0 Å². The first-order chi connectivity index (χ1) is 8.26. The van der Waals surface area contributed by atoms with Gasteiger partial charge in [0.25, 0.3) is 0 Å². The molecule has 18 heavy (non-hydrogen) atoms. The Morgan fingerprint density at radius 1 is 1.44 bits per heavy atom. The first kappa shape index (κ1) is 14.9. The van der Waals surface area contributed by atoms with E-state index in [9.17, 15) is 9.50 Å². The van der Waals surface area contributed by atoms with Crippen molar-refractivity contribution in [2.24, 2.45) is 5.73 Å². The molecule has 1 aromatic rings. The molecule has 0 aliphatic carbocycles. The summed E-state index contributed by atoms with van der Waals surface area (Å²) in [6.07, 6.45) is 0. The van der Waals surface area contributed by atoms with E-state index in [1.54, 1.807) is 19.9 Å². The molecule has 1 aromatic carbocycles. The summed E-state index contributed by atoms with van der Waals surface area (Å²) in [5.41, 5.74) is 6.26. The summed E-state index contributed by atoms with van der Waals surface area (Å²) in [6.45, 7) is 8.16. The Bertz CT molecular complexity index is 399. The van der Waals surface area contributed by atoms with E-state index < -0.39 is 5.60 Å². The Morgan fingerprint density at radius 3 is 2.50 bits per heavy atom. The number of hydrogen-bond donors (Lipinski definition) is 2. The third-order valence-corrected chi connectivity index (χ3v) is 2.78. The van der Waals surface area contributed by atoms with E-state index in [1.165, 1.54) is 6.07 Å². The van der Waals surface area contributed by atoms with E-state index in [2.05, 4.69) is 0 Å². The van der Waals surface area contributed by atoms with Crippen LogP contribution in [0.2, 0.25) is 0 Å². The van der Waals surface area contributed by atoms with Crippen molar-refractivity contribution in [3.8, 4) is 0 Å². The molecule has 0 saturated carbocycles. The molecule has 0 unspecified atom stereocenters. The summed E-state index contributed by atoms with van der Waals surface area (Å²) in [7, 11) is 0. The number of para-hydroxylation sites is 1. The highest BCUT2D eigenvalue weighted by molar-refractivity contribution is 5.56. The smallest absolute Gasteiger partial charge is 0.146 e. The lowest BCUT2D eigenvalue weighted by atomic mass is 10.0. The van der Waals surface area contributed by atoms with Crippen LogP contribution >= 0.6 is 0 Å². The predicted molar refractivity (Wildman–Crippen MR) is 73.2 cm³/mol. The maximum atomic E-state index is 14.0. The van der Waals surface area contributed by atoms with Crippen LogP contribution in [0.15, 0.2) is 18.2 Å². The second-order valence-electron chi connectivity index (χ2n) is 5.29. The number of nitrogens with two attached hydrogens (primary N) is 1. The van der Waals surface area contributed by atoms with Gasteiger partial charge in [-0.2, -0.15) is 0 Å². The SMILES string of the molecule is CCN(CC(C)(C)O)c1c(F)cccc1[C@H](C)N. The lowest BCUT2D eigenvalue weighted by molar-refractivity contribution is 0.0874. The summed E-state index contributed by atoms with van der Waals surface area (Å²) in [5.74, 6) is -0.295. The van der Waals surface area contributed by atoms with Crippen molar-refractivity contribution in [1.82, 2.24) is 0 Å². The zero-order valence-corrected chi connectivity index (χ0v) is 11.6. The molecule has 3 N–H and O–H groups in total. The number of aliphatic hydroxyl groups is 1. The molecule has 0 saturated heterocycles. The average molecular weight is 254 g/mol. The number of likely N-dealkylation sites (N-methyl/N-ethyl adjacent to an activating group) is 1. The monoisotopic (exact) mass is 254 g/mol. The number of nitrogens with zero attached hydrogens (tertiary/aromatic N) is 1. The van der Waals surface area contributed by atoms with Crippen molar-refractivity contribution in [3.05, 3.63) is 29.6 Å². The fourth-order valence-electron chi connectivity index (χ4n) is 2.05. The number of anilines is 1. The number of benzene rings is 1. The van der Waals surface area contributed by atoms with Crippen molar-refractivity contribution in [3.63, 3.8) is 0 Å². The molecule has 0 heterocycles. The average Bonchev–Trinajstić information content (AvgIpc) is 2.24. The molecule has 0 amide bonds. The number of hydrogen-bond acceptors (Lipinski definition) is 3. The van der Waals surface area contributed by atoms with E-state index in [0.29, 0.717) is 18.8 Å². The molecule has 1 rings (SSSR count). The van der Waals surface area contributed by atoms with Crippen molar-refractivity contribution >= 4 is 5.69 Å². The molecule has 3 nitrogen and oxygen atoms in total. The molecule has 0 aliphatic rings. The summed E-state index contributed by atoms with van der Waals surface area (Å²) in [6, 6.07) is 4.67. The molecule has 0 fully saturated rings. The van der Waals surface area contributed by atoms with Gasteiger partial charge in [0.05, 0.1) is 11.3 Å². The minimum Gasteiger partial charge on any atom is -0.389 e. The van der Waals surface area contributed by atoms with E-state index >= 15 is 0 Å². The molecule has 1 atom stereocenters. The zero-order chi connectivity index (χ0) is 13.9. The first-order valence-corrected chi connectivity index (χ1v) is 6.27. The van der Waals surface area contributed by atoms with E-state index in [1.807, 2.05) is 24.8 Å². The van der Waals surface area contributed by atoms with Crippen LogP contribution in [0.5, 0.6) is 0 Å². The number of rotatable bonds is 5. The van der Waals surface area contributed by atoms with Crippen LogP contribution in [0, 0.1) is 5.82 Å². The fourth-order valence-corrected chi connectivity index (χ4v) is 2.05. The minimum atomic E-state index is -0.882. The van der Waals surface area contributed by atoms with Gasteiger partial charge in [-0.15, -0.1) is 0 Å². The Hall–Kier alpha value is -1.13. The lowest BCUT2D eigenvalue weighted by Gasteiger charge is -2.32. The van der Waals surface area contributed by atoms with E-state index in [-0.39, 0.29) is 11.9 Å². The summed E-state index contributed by atoms with van der Waals surface area (Å²) >= 11 is 0. The highest BCUT2D eigenvalue weighted by Crippen LogP contribution is 2.29. The second-order valence-corrected chi connectivity index (χ2v) is 5.29. The van der Waals surface area contributed by atoms with Gasteiger partial charge in [0.2, 0.25) is 0 Å². The number of halogens is 1. The third-order valence-electron chi connectivity index (χ3n) is 2.78. The maximum absolute atomic E-state index is 14.0. The fraction of sp³-hybridized carbons (Fsp3) is 0.571. The minimum absolute atomic E-state index is 0.244. The Kier molecular flexibility index (Phi) is 4.71. The predicted octanol–water partition coefficient (Wildman–Crippen LogP) is 2.44. The van der Waals surface area contributed by atoms with Gasteiger partial charge in [-0.05, 0) is 39.3 Å². The molecule has 0 aliphatic heterocycles. The maximum Gasteiger partial charge on any atom is 0.146 e. The van der Waals surface area contributed by atoms with Crippen LogP contribution < -0.4 is 10.6 Å². The second kappa shape index (κ2) is 5.67.